The zero-order valence-electron chi connectivity index (χ0n) is 11.3. The predicted molar refractivity (Wildman–Crippen MR) is 78.4 cm³/mol. The largest absolute Gasteiger partial charge is 0.338 e. The summed E-state index contributed by atoms with van der Waals surface area (Å²) in [5.74, 6) is 1.07. The van der Waals surface area contributed by atoms with Gasteiger partial charge in [0.25, 0.3) is 0 Å². The number of hydrogen-bond donors (Lipinski definition) is 1. The normalized spacial score (nSPS) is 26.4. The van der Waals surface area contributed by atoms with Gasteiger partial charge in [-0.1, -0.05) is 6.07 Å². The highest BCUT2D eigenvalue weighted by atomic mass is 32.1. The Balaban J connectivity index is 1.49. The van der Waals surface area contributed by atoms with E-state index in [-0.39, 0.29) is 0 Å². The van der Waals surface area contributed by atoms with Crippen molar-refractivity contribution in [2.24, 2.45) is 5.92 Å². The molecule has 19 heavy (non-hydrogen) atoms. The lowest BCUT2D eigenvalue weighted by Crippen LogP contribution is -2.48. The molecule has 104 valence electrons. The fourth-order valence-corrected chi connectivity index (χ4v) is 4.14. The molecule has 0 radical (unpaired) electrons. The molecule has 1 aromatic rings. The second kappa shape index (κ2) is 6.06. The average Bonchev–Trinajstić information content (AvgIpc) is 3.08. The van der Waals surface area contributed by atoms with E-state index in [2.05, 4.69) is 27.7 Å². The van der Waals surface area contributed by atoms with Crippen LogP contribution in [0.3, 0.4) is 0 Å². The smallest absolute Gasteiger partial charge is 0.222 e. The highest BCUT2D eigenvalue weighted by Gasteiger charge is 2.36. The minimum atomic E-state index is 0.370. The highest BCUT2D eigenvalue weighted by Crippen LogP contribution is 2.27. The molecular weight excluding hydrogens is 256 g/mol. The van der Waals surface area contributed by atoms with Crippen LogP contribution in [0.5, 0.6) is 0 Å². The number of piperidine rings is 1. The number of carbonyl (C=O) groups is 1. The van der Waals surface area contributed by atoms with E-state index in [1.807, 2.05) is 0 Å². The molecule has 1 amide bonds. The van der Waals surface area contributed by atoms with Crippen molar-refractivity contribution in [2.45, 2.75) is 38.1 Å². The van der Waals surface area contributed by atoms with E-state index in [1.54, 1.807) is 11.3 Å². The van der Waals surface area contributed by atoms with Crippen LogP contribution in [0, 0.1) is 5.92 Å². The Kier molecular flexibility index (Phi) is 4.18. The predicted octanol–water partition coefficient (Wildman–Crippen LogP) is 2.28. The Hall–Kier alpha value is -0.870. The number of fused-ring (bicyclic) bond motifs is 1. The summed E-state index contributed by atoms with van der Waals surface area (Å²) in [6.45, 7) is 3.08. The molecule has 3 nitrogen and oxygen atoms in total. The third-order valence-corrected chi connectivity index (χ3v) is 5.33. The molecule has 2 saturated heterocycles. The molecule has 3 rings (SSSR count). The number of thiophene rings is 1. The van der Waals surface area contributed by atoms with Gasteiger partial charge in [-0.05, 0) is 43.0 Å². The molecule has 2 unspecified atom stereocenters. The van der Waals surface area contributed by atoms with Gasteiger partial charge in [0.05, 0.1) is 0 Å². The Morgan fingerprint density at radius 3 is 3.26 bits per heavy atom. The zero-order valence-corrected chi connectivity index (χ0v) is 12.1. The van der Waals surface area contributed by atoms with Crippen molar-refractivity contribution in [1.82, 2.24) is 10.2 Å². The molecule has 2 fully saturated rings. The second-order valence-corrected chi connectivity index (χ2v) is 6.68. The van der Waals surface area contributed by atoms with Gasteiger partial charge in [-0.3, -0.25) is 4.79 Å². The molecule has 0 aromatic carbocycles. The van der Waals surface area contributed by atoms with Crippen molar-refractivity contribution in [2.75, 3.05) is 19.6 Å². The standard InChI is InChI=1S/C15H22N2OS/c18-15(7-1-5-13-6-3-9-19-13)17-8-2-4-12-10-16-11-14(12)17/h3,6,9,12,14,16H,1-2,4-5,7-8,10-11H2. The van der Waals surface area contributed by atoms with E-state index in [0.29, 0.717) is 24.3 Å². The van der Waals surface area contributed by atoms with Gasteiger partial charge in [-0.25, -0.2) is 0 Å². The van der Waals surface area contributed by atoms with Crippen LogP contribution >= 0.6 is 11.3 Å². The van der Waals surface area contributed by atoms with Crippen molar-refractivity contribution < 1.29 is 4.79 Å². The lowest BCUT2D eigenvalue weighted by atomic mass is 9.91. The van der Waals surface area contributed by atoms with Crippen LogP contribution in [0.4, 0.5) is 0 Å². The number of hydrogen-bond acceptors (Lipinski definition) is 3. The number of nitrogens with zero attached hydrogens (tertiary/aromatic N) is 1. The molecule has 2 atom stereocenters. The number of aryl methyl sites for hydroxylation is 1. The molecule has 0 saturated carbocycles. The summed E-state index contributed by atoms with van der Waals surface area (Å²) in [6, 6.07) is 4.72. The van der Waals surface area contributed by atoms with Gasteiger partial charge in [0, 0.05) is 37.0 Å². The fourth-order valence-electron chi connectivity index (χ4n) is 3.39. The molecule has 3 heterocycles. The summed E-state index contributed by atoms with van der Waals surface area (Å²) in [4.78, 5) is 15.9. The molecule has 0 aliphatic carbocycles. The van der Waals surface area contributed by atoms with E-state index in [1.165, 1.54) is 17.7 Å². The fraction of sp³-hybridized carbons (Fsp3) is 0.667. The quantitative estimate of drug-likeness (QED) is 0.916. The number of carbonyl (C=O) groups excluding carboxylic acids is 1. The maximum Gasteiger partial charge on any atom is 0.222 e. The first-order valence-corrected chi connectivity index (χ1v) is 8.25. The van der Waals surface area contributed by atoms with E-state index in [0.717, 1.165) is 32.5 Å². The molecule has 2 aliphatic rings. The van der Waals surface area contributed by atoms with Crippen LogP contribution in [-0.2, 0) is 11.2 Å². The van der Waals surface area contributed by atoms with Gasteiger partial charge >= 0.3 is 0 Å². The minimum absolute atomic E-state index is 0.370. The van der Waals surface area contributed by atoms with Crippen molar-refractivity contribution >= 4 is 17.2 Å². The number of likely N-dealkylation sites (tertiary alicyclic amines) is 1. The van der Waals surface area contributed by atoms with Gasteiger partial charge < -0.3 is 10.2 Å². The van der Waals surface area contributed by atoms with Gasteiger partial charge in [0.2, 0.25) is 5.91 Å². The van der Waals surface area contributed by atoms with E-state index in [4.69, 9.17) is 0 Å². The molecular formula is C15H22N2OS. The SMILES string of the molecule is O=C(CCCc1cccs1)N1CCCC2CNCC21. The monoisotopic (exact) mass is 278 g/mol. The van der Waals surface area contributed by atoms with Crippen LogP contribution < -0.4 is 5.32 Å². The highest BCUT2D eigenvalue weighted by molar-refractivity contribution is 7.09. The molecule has 1 aromatic heterocycles. The second-order valence-electron chi connectivity index (χ2n) is 5.65. The van der Waals surface area contributed by atoms with Gasteiger partial charge in [-0.15, -0.1) is 11.3 Å². The van der Waals surface area contributed by atoms with Crippen molar-refractivity contribution in [3.8, 4) is 0 Å². The van der Waals surface area contributed by atoms with E-state index < -0.39 is 0 Å². The van der Waals surface area contributed by atoms with Crippen molar-refractivity contribution in [3.63, 3.8) is 0 Å². The van der Waals surface area contributed by atoms with Crippen LogP contribution in [0.15, 0.2) is 17.5 Å². The summed E-state index contributed by atoms with van der Waals surface area (Å²) < 4.78 is 0. The summed E-state index contributed by atoms with van der Waals surface area (Å²) >= 11 is 1.79. The average molecular weight is 278 g/mol. The first-order chi connectivity index (χ1) is 9.34. The lowest BCUT2D eigenvalue weighted by molar-refractivity contribution is -0.135. The third kappa shape index (κ3) is 3.00. The maximum atomic E-state index is 12.4. The van der Waals surface area contributed by atoms with E-state index >= 15 is 0 Å². The van der Waals surface area contributed by atoms with Crippen molar-refractivity contribution in [3.05, 3.63) is 22.4 Å². The zero-order chi connectivity index (χ0) is 13.1. The topological polar surface area (TPSA) is 32.3 Å². The van der Waals surface area contributed by atoms with Gasteiger partial charge in [-0.2, -0.15) is 0 Å². The Morgan fingerprint density at radius 2 is 2.42 bits per heavy atom. The third-order valence-electron chi connectivity index (χ3n) is 4.39. The Morgan fingerprint density at radius 1 is 1.47 bits per heavy atom. The van der Waals surface area contributed by atoms with Crippen LogP contribution in [0.2, 0.25) is 0 Å². The van der Waals surface area contributed by atoms with Crippen molar-refractivity contribution in [1.29, 1.82) is 0 Å². The van der Waals surface area contributed by atoms with Gasteiger partial charge in [0.15, 0.2) is 0 Å². The summed E-state index contributed by atoms with van der Waals surface area (Å²) in [5.41, 5.74) is 0. The summed E-state index contributed by atoms with van der Waals surface area (Å²) in [5, 5.41) is 5.54. The number of rotatable bonds is 4. The number of amides is 1. The maximum absolute atomic E-state index is 12.4. The Bertz CT molecular complexity index is 418. The summed E-state index contributed by atoms with van der Waals surface area (Å²) in [6.07, 6.45) is 5.21. The lowest BCUT2D eigenvalue weighted by Gasteiger charge is -2.37. The molecule has 4 heteroatoms. The van der Waals surface area contributed by atoms with Crippen LogP contribution in [0.1, 0.15) is 30.6 Å². The Labute approximate surface area is 119 Å². The molecule has 2 aliphatic heterocycles. The van der Waals surface area contributed by atoms with Crippen LogP contribution in [0.25, 0.3) is 0 Å². The first kappa shape index (κ1) is 13.1. The summed E-state index contributed by atoms with van der Waals surface area (Å²) in [7, 11) is 0. The molecule has 0 spiro atoms. The first-order valence-electron chi connectivity index (χ1n) is 7.37. The van der Waals surface area contributed by atoms with E-state index in [9.17, 15) is 4.79 Å². The van der Waals surface area contributed by atoms with Crippen LogP contribution in [-0.4, -0.2) is 36.5 Å². The number of nitrogens with one attached hydrogen (secondary N) is 1. The molecule has 1 N–H and O–H groups in total. The minimum Gasteiger partial charge on any atom is -0.338 e. The van der Waals surface area contributed by atoms with Gasteiger partial charge in [0.1, 0.15) is 0 Å². The molecule has 0 bridgehead atoms.